The van der Waals surface area contributed by atoms with E-state index < -0.39 is 0 Å². The second-order valence-electron chi connectivity index (χ2n) is 4.64. The number of halogens is 1. The zero-order chi connectivity index (χ0) is 16.2. The summed E-state index contributed by atoms with van der Waals surface area (Å²) in [5, 5.41) is 18.4. The number of rotatable bonds is 4. The maximum atomic E-state index is 13.0. The van der Waals surface area contributed by atoms with E-state index in [4.69, 9.17) is 5.26 Å². The predicted octanol–water partition coefficient (Wildman–Crippen LogP) is 4.33. The van der Waals surface area contributed by atoms with Gasteiger partial charge in [0.25, 0.3) is 0 Å². The van der Waals surface area contributed by atoms with E-state index in [1.807, 2.05) is 19.1 Å². The maximum Gasteiger partial charge on any atom is 0.124 e. The van der Waals surface area contributed by atoms with Crippen LogP contribution in [0.5, 0.6) is 0 Å². The molecule has 4 nitrogen and oxygen atoms in total. The molecule has 0 fully saturated rings. The lowest BCUT2D eigenvalue weighted by molar-refractivity contribution is 0.628. The first-order valence-corrected chi connectivity index (χ1v) is 8.55. The van der Waals surface area contributed by atoms with Gasteiger partial charge in [-0.15, -0.1) is 21.5 Å². The van der Waals surface area contributed by atoms with Gasteiger partial charge < -0.3 is 0 Å². The third-order valence-electron chi connectivity index (χ3n) is 3.05. The molecule has 7 heteroatoms. The molecule has 2 aromatic heterocycles. The van der Waals surface area contributed by atoms with Gasteiger partial charge in [0.1, 0.15) is 21.5 Å². The minimum atomic E-state index is -0.265. The molecule has 1 aromatic carbocycles. The van der Waals surface area contributed by atoms with Crippen LogP contribution in [-0.2, 0) is 0 Å². The van der Waals surface area contributed by atoms with E-state index in [0.717, 1.165) is 31.9 Å². The second kappa shape index (κ2) is 6.86. The number of hydrogen-bond acceptors (Lipinski definition) is 6. The van der Waals surface area contributed by atoms with Gasteiger partial charge in [-0.05, 0) is 43.3 Å². The van der Waals surface area contributed by atoms with Gasteiger partial charge >= 0.3 is 0 Å². The van der Waals surface area contributed by atoms with Gasteiger partial charge in [0.2, 0.25) is 0 Å². The smallest absolute Gasteiger partial charge is 0.124 e. The van der Waals surface area contributed by atoms with Crippen LogP contribution in [0.1, 0.15) is 5.69 Å². The largest absolute Gasteiger partial charge is 0.241 e. The average molecular weight is 342 g/mol. The SMILES string of the molecule is Cc1nc(-c2ccc(F)cc2)sc1-c1ccc(SCC#N)nn1. The molecule has 0 N–H and O–H groups in total. The van der Waals surface area contributed by atoms with Crippen LogP contribution in [0.3, 0.4) is 0 Å². The molecule has 23 heavy (non-hydrogen) atoms. The fourth-order valence-corrected chi connectivity index (χ4v) is 3.49. The maximum absolute atomic E-state index is 13.0. The van der Waals surface area contributed by atoms with Crippen LogP contribution in [0.2, 0.25) is 0 Å². The van der Waals surface area contributed by atoms with Crippen LogP contribution >= 0.6 is 23.1 Å². The van der Waals surface area contributed by atoms with E-state index in [2.05, 4.69) is 21.3 Å². The first-order chi connectivity index (χ1) is 11.2. The highest BCUT2D eigenvalue weighted by Gasteiger charge is 2.13. The van der Waals surface area contributed by atoms with Crippen LogP contribution in [0.15, 0.2) is 41.4 Å². The van der Waals surface area contributed by atoms with E-state index in [1.54, 1.807) is 12.1 Å². The van der Waals surface area contributed by atoms with Gasteiger partial charge in [-0.2, -0.15) is 5.26 Å². The minimum Gasteiger partial charge on any atom is -0.241 e. The van der Waals surface area contributed by atoms with E-state index in [-0.39, 0.29) is 5.82 Å². The molecule has 0 aliphatic rings. The summed E-state index contributed by atoms with van der Waals surface area (Å²) in [6.07, 6.45) is 0. The van der Waals surface area contributed by atoms with Crippen molar-refractivity contribution in [3.63, 3.8) is 0 Å². The fourth-order valence-electron chi connectivity index (χ4n) is 1.97. The summed E-state index contributed by atoms with van der Waals surface area (Å²) in [7, 11) is 0. The molecule has 0 spiro atoms. The van der Waals surface area contributed by atoms with E-state index in [1.165, 1.54) is 35.2 Å². The van der Waals surface area contributed by atoms with Gasteiger partial charge in [0, 0.05) is 5.56 Å². The van der Waals surface area contributed by atoms with Crippen molar-refractivity contribution in [3.8, 4) is 27.2 Å². The molecule has 0 radical (unpaired) electrons. The molecular weight excluding hydrogens is 331 g/mol. The third-order valence-corrected chi connectivity index (χ3v) is 5.06. The monoisotopic (exact) mass is 342 g/mol. The van der Waals surface area contributed by atoms with Crippen molar-refractivity contribution in [3.05, 3.63) is 47.9 Å². The van der Waals surface area contributed by atoms with Crippen LogP contribution < -0.4 is 0 Å². The van der Waals surface area contributed by atoms with Crippen LogP contribution in [-0.4, -0.2) is 20.9 Å². The normalized spacial score (nSPS) is 10.5. The van der Waals surface area contributed by atoms with Gasteiger partial charge in [0.15, 0.2) is 0 Å². The molecule has 114 valence electrons. The molecule has 0 saturated heterocycles. The highest BCUT2D eigenvalue weighted by Crippen LogP contribution is 2.34. The Hall–Kier alpha value is -2.30. The Balaban J connectivity index is 1.89. The Morgan fingerprint density at radius 2 is 1.96 bits per heavy atom. The Kier molecular flexibility index (Phi) is 4.65. The predicted molar refractivity (Wildman–Crippen MR) is 89.6 cm³/mol. The quantitative estimate of drug-likeness (QED) is 0.660. The zero-order valence-electron chi connectivity index (χ0n) is 12.2. The van der Waals surface area contributed by atoms with Crippen LogP contribution in [0, 0.1) is 24.1 Å². The third kappa shape index (κ3) is 3.55. The van der Waals surface area contributed by atoms with Crippen molar-refractivity contribution >= 4 is 23.1 Å². The second-order valence-corrected chi connectivity index (χ2v) is 6.64. The number of thiazole rings is 1. The van der Waals surface area contributed by atoms with Crippen LogP contribution in [0.25, 0.3) is 21.1 Å². The lowest BCUT2D eigenvalue weighted by Gasteiger charge is -1.98. The molecule has 0 unspecified atom stereocenters. The summed E-state index contributed by atoms with van der Waals surface area (Å²) >= 11 is 2.85. The lowest BCUT2D eigenvalue weighted by atomic mass is 10.2. The number of hydrogen-bond donors (Lipinski definition) is 0. The molecule has 0 bridgehead atoms. The fraction of sp³-hybridized carbons (Fsp3) is 0.125. The molecule has 2 heterocycles. The van der Waals surface area contributed by atoms with Gasteiger partial charge in [-0.1, -0.05) is 11.8 Å². The van der Waals surface area contributed by atoms with E-state index >= 15 is 0 Å². The highest BCUT2D eigenvalue weighted by atomic mass is 32.2. The minimum absolute atomic E-state index is 0.265. The molecule has 3 aromatic rings. The summed E-state index contributed by atoms with van der Waals surface area (Å²) in [6.45, 7) is 1.92. The number of benzene rings is 1. The number of nitrogens with zero attached hydrogens (tertiary/aromatic N) is 4. The van der Waals surface area contributed by atoms with E-state index in [9.17, 15) is 4.39 Å². The molecule has 0 saturated carbocycles. The first kappa shape index (κ1) is 15.6. The van der Waals surface area contributed by atoms with Crippen LogP contribution in [0.4, 0.5) is 4.39 Å². The lowest BCUT2D eigenvalue weighted by Crippen LogP contribution is -1.89. The number of thioether (sulfide) groups is 1. The molecule has 0 aliphatic carbocycles. The average Bonchev–Trinajstić information content (AvgIpc) is 2.96. The van der Waals surface area contributed by atoms with E-state index in [0.29, 0.717) is 5.75 Å². The van der Waals surface area contributed by atoms with Gasteiger partial charge in [-0.3, -0.25) is 0 Å². The zero-order valence-corrected chi connectivity index (χ0v) is 13.8. The summed E-state index contributed by atoms with van der Waals surface area (Å²) in [6, 6.07) is 12.1. The first-order valence-electron chi connectivity index (χ1n) is 6.74. The molecule has 0 atom stereocenters. The van der Waals surface area contributed by atoms with Crippen molar-refractivity contribution < 1.29 is 4.39 Å². The number of aryl methyl sites for hydroxylation is 1. The molecule has 0 aliphatic heterocycles. The molecule has 0 amide bonds. The Morgan fingerprint density at radius 1 is 1.17 bits per heavy atom. The summed E-state index contributed by atoms with van der Waals surface area (Å²) < 4.78 is 13.0. The van der Waals surface area contributed by atoms with Crippen molar-refractivity contribution in [2.45, 2.75) is 11.9 Å². The number of aromatic nitrogens is 3. The molecule has 3 rings (SSSR count). The van der Waals surface area contributed by atoms with Crippen molar-refractivity contribution in [1.82, 2.24) is 15.2 Å². The van der Waals surface area contributed by atoms with Crippen molar-refractivity contribution in [2.24, 2.45) is 0 Å². The Labute approximate surface area is 141 Å². The Morgan fingerprint density at radius 3 is 2.61 bits per heavy atom. The summed E-state index contributed by atoms with van der Waals surface area (Å²) in [5.74, 6) is 0.0843. The van der Waals surface area contributed by atoms with Crippen molar-refractivity contribution in [1.29, 1.82) is 5.26 Å². The topological polar surface area (TPSA) is 62.5 Å². The summed E-state index contributed by atoms with van der Waals surface area (Å²) in [5.41, 5.74) is 2.48. The summed E-state index contributed by atoms with van der Waals surface area (Å²) in [4.78, 5) is 5.48. The van der Waals surface area contributed by atoms with Gasteiger partial charge in [-0.25, -0.2) is 9.37 Å². The Bertz CT molecular complexity index is 851. The number of nitriles is 1. The highest BCUT2D eigenvalue weighted by molar-refractivity contribution is 7.99. The standard InChI is InChI=1S/C16H11FN4S2/c1-10-15(13-6-7-14(21-20-13)22-9-8-18)23-16(19-10)11-2-4-12(17)5-3-11/h2-7H,9H2,1H3. The van der Waals surface area contributed by atoms with Crippen molar-refractivity contribution in [2.75, 3.05) is 5.75 Å². The van der Waals surface area contributed by atoms with Gasteiger partial charge in [0.05, 0.1) is 22.4 Å². The molecular formula is C16H11FN4S2.